The van der Waals surface area contributed by atoms with Crippen molar-refractivity contribution in [2.45, 2.75) is 72.6 Å². The molecular formula is C58H50IrN4O2-2. The van der Waals surface area contributed by atoms with E-state index in [9.17, 15) is 0 Å². The van der Waals surface area contributed by atoms with Gasteiger partial charge in [0, 0.05) is 63.4 Å². The van der Waals surface area contributed by atoms with Crippen molar-refractivity contribution in [2.75, 3.05) is 0 Å². The summed E-state index contributed by atoms with van der Waals surface area (Å²) < 4.78 is 40.9. The Balaban J connectivity index is 0.000000289. The third-order valence-corrected chi connectivity index (χ3v) is 11.9. The van der Waals surface area contributed by atoms with E-state index in [1.807, 2.05) is 91.1 Å². The molecule has 6 nitrogen and oxygen atoms in total. The van der Waals surface area contributed by atoms with Gasteiger partial charge in [-0.3, -0.25) is 15.0 Å². The van der Waals surface area contributed by atoms with E-state index in [0.717, 1.165) is 83.3 Å². The van der Waals surface area contributed by atoms with Crippen LogP contribution < -0.4 is 0 Å². The molecule has 0 saturated carbocycles. The summed E-state index contributed by atoms with van der Waals surface area (Å²) in [6.45, 7) is 12.8. The van der Waals surface area contributed by atoms with Gasteiger partial charge >= 0.3 is 0 Å². The predicted octanol–water partition coefficient (Wildman–Crippen LogP) is 15.8. The van der Waals surface area contributed by atoms with Gasteiger partial charge in [0.2, 0.25) is 0 Å². The molecule has 65 heavy (non-hydrogen) atoms. The van der Waals surface area contributed by atoms with Gasteiger partial charge in [-0.2, -0.15) is 0 Å². The van der Waals surface area contributed by atoms with E-state index < -0.39 is 6.85 Å². The van der Waals surface area contributed by atoms with Crippen LogP contribution in [0.15, 0.2) is 155 Å². The number of aryl methyl sites for hydroxylation is 1. The monoisotopic (exact) mass is 1030 g/mol. The van der Waals surface area contributed by atoms with Gasteiger partial charge in [-0.25, -0.2) is 0 Å². The second kappa shape index (κ2) is 17.4. The van der Waals surface area contributed by atoms with E-state index in [1.54, 1.807) is 12.1 Å². The Morgan fingerprint density at radius 1 is 0.631 bits per heavy atom. The van der Waals surface area contributed by atoms with Crippen molar-refractivity contribution < 1.29 is 33.1 Å². The van der Waals surface area contributed by atoms with E-state index >= 15 is 0 Å². The predicted molar refractivity (Wildman–Crippen MR) is 263 cm³/mol. The van der Waals surface area contributed by atoms with Gasteiger partial charge in [-0.1, -0.05) is 120 Å². The summed E-state index contributed by atoms with van der Waals surface area (Å²) in [6.07, 6.45) is 1.81. The van der Waals surface area contributed by atoms with Crippen LogP contribution in [0.25, 0.3) is 94.5 Å². The standard InChI is InChI=1S/C44H35N2O2.C14H15N2.Ir/c1-25(2)33-21-29(28-14-7-6-8-15-28)22-34(26(3)4)42(33)46-41-27(5)13-11-19-37(41)45-44(46)32-18-12-17-31-36-24-39-35(23-40(36)48-43(31)32)30-16-9-10-20-38(30)47-39;1-14(2,3)12-9-10-15-13(16-12)11-7-5-4-6-8-11;/h6-17,19-26H,1-5H3;4-7,9-10H,1-3H3;/q2*-1;/i5D3;;. The zero-order valence-electron chi connectivity index (χ0n) is 40.4. The van der Waals surface area contributed by atoms with Crippen LogP contribution in [0.2, 0.25) is 0 Å². The summed E-state index contributed by atoms with van der Waals surface area (Å²) >= 11 is 0. The second-order valence-electron chi connectivity index (χ2n) is 18.1. The van der Waals surface area contributed by atoms with Crippen molar-refractivity contribution in [2.24, 2.45) is 0 Å². The van der Waals surface area contributed by atoms with Crippen molar-refractivity contribution in [3.8, 4) is 39.6 Å². The van der Waals surface area contributed by atoms with Gasteiger partial charge in [-0.05, 0) is 89.0 Å². The van der Waals surface area contributed by atoms with Crippen LogP contribution in [0.5, 0.6) is 0 Å². The van der Waals surface area contributed by atoms with E-state index in [-0.39, 0.29) is 42.9 Å². The normalized spacial score (nSPS) is 12.7. The Labute approximate surface area is 398 Å². The number of para-hydroxylation sites is 2. The molecule has 11 aromatic rings. The summed E-state index contributed by atoms with van der Waals surface area (Å²) in [5.74, 6) is 1.55. The first-order valence-corrected chi connectivity index (χ1v) is 21.9. The third kappa shape index (κ3) is 7.98. The first-order valence-electron chi connectivity index (χ1n) is 23.4. The van der Waals surface area contributed by atoms with Crippen LogP contribution in [-0.4, -0.2) is 19.5 Å². The van der Waals surface area contributed by atoms with Crippen LogP contribution in [0, 0.1) is 19.0 Å². The van der Waals surface area contributed by atoms with Gasteiger partial charge in [-0.15, -0.1) is 54.1 Å². The van der Waals surface area contributed by atoms with E-state index in [4.69, 9.17) is 17.9 Å². The molecule has 0 saturated heterocycles. The number of hydrogen-bond donors (Lipinski definition) is 0. The number of benzene rings is 7. The molecule has 0 unspecified atom stereocenters. The Hall–Kier alpha value is -6.66. The minimum Gasteiger partial charge on any atom is -0.501 e. The van der Waals surface area contributed by atoms with Gasteiger partial charge < -0.3 is 13.4 Å². The number of hydrogen-bond acceptors (Lipinski definition) is 5. The van der Waals surface area contributed by atoms with Crippen molar-refractivity contribution in [3.05, 3.63) is 180 Å². The smallest absolute Gasteiger partial charge is 0.136 e. The molecule has 0 aliphatic rings. The Morgan fingerprint density at radius 2 is 1.34 bits per heavy atom. The zero-order chi connectivity index (χ0) is 46.8. The summed E-state index contributed by atoms with van der Waals surface area (Å²) in [5.41, 5.74) is 12.5. The van der Waals surface area contributed by atoms with Crippen LogP contribution in [-0.2, 0) is 25.5 Å². The molecule has 4 heterocycles. The van der Waals surface area contributed by atoms with Crippen LogP contribution in [0.1, 0.15) is 86.8 Å². The van der Waals surface area contributed by atoms with Crippen LogP contribution in [0.4, 0.5) is 0 Å². The van der Waals surface area contributed by atoms with Gasteiger partial charge in [0.15, 0.2) is 0 Å². The quantitative estimate of drug-likeness (QED) is 0.155. The molecule has 0 aliphatic carbocycles. The van der Waals surface area contributed by atoms with Crippen molar-refractivity contribution in [3.63, 3.8) is 0 Å². The molecular weight excluding hydrogens is 977 g/mol. The molecule has 11 rings (SSSR count). The number of nitrogens with zero attached hydrogens (tertiary/aromatic N) is 4. The first kappa shape index (κ1) is 39.9. The maximum atomic E-state index is 8.62. The molecule has 7 aromatic carbocycles. The van der Waals surface area contributed by atoms with Crippen LogP contribution >= 0.6 is 0 Å². The molecule has 0 spiro atoms. The minimum absolute atomic E-state index is 0. The van der Waals surface area contributed by atoms with E-state index in [1.165, 1.54) is 0 Å². The fraction of sp³-hybridized carbons (Fsp3) is 0.190. The number of imidazole rings is 1. The Bertz CT molecular complexity index is 3590. The maximum absolute atomic E-state index is 8.62. The van der Waals surface area contributed by atoms with E-state index in [0.29, 0.717) is 28.0 Å². The fourth-order valence-corrected chi connectivity index (χ4v) is 8.69. The van der Waals surface area contributed by atoms with Gasteiger partial charge in [0.1, 0.15) is 16.7 Å². The van der Waals surface area contributed by atoms with E-state index in [2.05, 4.69) is 118 Å². The third-order valence-electron chi connectivity index (χ3n) is 11.9. The fourth-order valence-electron chi connectivity index (χ4n) is 8.69. The molecule has 4 aromatic heterocycles. The summed E-state index contributed by atoms with van der Waals surface area (Å²) in [4.78, 5) is 14.1. The summed E-state index contributed by atoms with van der Waals surface area (Å²) in [5, 5.41) is 3.85. The first-order chi connectivity index (χ1) is 32.2. The maximum Gasteiger partial charge on any atom is 0.136 e. The van der Waals surface area contributed by atoms with Crippen LogP contribution in [0.3, 0.4) is 0 Å². The van der Waals surface area contributed by atoms with Gasteiger partial charge in [0.05, 0.1) is 28.3 Å². The Kier molecular flexibility index (Phi) is 10.7. The molecule has 7 heteroatoms. The molecule has 0 aliphatic heterocycles. The molecule has 0 bridgehead atoms. The number of rotatable bonds is 6. The van der Waals surface area contributed by atoms with Crippen molar-refractivity contribution in [1.29, 1.82) is 0 Å². The van der Waals surface area contributed by atoms with Gasteiger partial charge in [0.25, 0.3) is 0 Å². The minimum atomic E-state index is -2.37. The van der Waals surface area contributed by atoms with Crippen molar-refractivity contribution in [1.82, 2.24) is 19.5 Å². The summed E-state index contributed by atoms with van der Waals surface area (Å²) in [7, 11) is 0. The Morgan fingerprint density at radius 3 is 2.05 bits per heavy atom. The molecule has 0 fully saturated rings. The number of aromatic nitrogens is 4. The van der Waals surface area contributed by atoms with Crippen molar-refractivity contribution >= 4 is 54.9 Å². The molecule has 0 atom stereocenters. The number of furan rings is 2. The average molecular weight is 1030 g/mol. The zero-order valence-corrected chi connectivity index (χ0v) is 39.8. The topological polar surface area (TPSA) is 69.9 Å². The molecule has 0 amide bonds. The largest absolute Gasteiger partial charge is 0.501 e. The molecule has 0 N–H and O–H groups in total. The second-order valence-corrected chi connectivity index (χ2v) is 18.1. The summed E-state index contributed by atoms with van der Waals surface area (Å²) in [6, 6.07) is 52.6. The SMILES string of the molecule is CC(C)(C)c1ccnc(-c2[c-]cccc2)n1.[2H]C([2H])([2H])c1cccc2nc(-c3[c-]ccc4c3oc3cc5c(cc34)oc3ccccc35)n(-c3c(C(C)C)cc(-c4ccccc4)cc3C(C)C)c12.[Ir]. The average Bonchev–Trinajstić information content (AvgIpc) is 4.01. The number of fused-ring (bicyclic) bond motifs is 7. The molecule has 1 radical (unpaired) electrons. The molecule has 325 valence electrons.